The first-order chi connectivity index (χ1) is 33.2. The summed E-state index contributed by atoms with van der Waals surface area (Å²) in [5.41, 5.74) is 13.5. The molecule has 4 heteroatoms. The highest BCUT2D eigenvalue weighted by Gasteiger charge is 2.24. The van der Waals surface area contributed by atoms with Crippen LogP contribution in [0.5, 0.6) is 0 Å². The molecule has 0 bridgehead atoms. The summed E-state index contributed by atoms with van der Waals surface area (Å²) in [6.07, 6.45) is -0.354. The van der Waals surface area contributed by atoms with Gasteiger partial charge in [0.25, 0.3) is 0 Å². The fourth-order valence-corrected chi connectivity index (χ4v) is 10.1. The lowest BCUT2D eigenvalue weighted by Gasteiger charge is -2.24. The van der Waals surface area contributed by atoms with E-state index in [-0.39, 0.29) is 6.17 Å². The van der Waals surface area contributed by atoms with Crippen LogP contribution in [0.25, 0.3) is 98.6 Å². The smallest absolute Gasteiger partial charge is 0.234 e. The summed E-state index contributed by atoms with van der Waals surface area (Å²) in [4.78, 5) is 10.7. The Morgan fingerprint density at radius 2 is 0.716 bits per heavy atom. The van der Waals surface area contributed by atoms with Gasteiger partial charge in [-0.05, 0) is 113 Å². The molecule has 0 saturated carbocycles. The first kappa shape index (κ1) is 38.6. The molecule has 1 aliphatic heterocycles. The van der Waals surface area contributed by atoms with Gasteiger partial charge in [-0.25, -0.2) is 4.99 Å². The van der Waals surface area contributed by atoms with Crippen molar-refractivity contribution in [2.45, 2.75) is 6.17 Å². The van der Waals surface area contributed by atoms with Crippen molar-refractivity contribution in [2.24, 2.45) is 9.98 Å². The number of para-hydroxylation sites is 1. The molecular weight excluding hydrogens is 813 g/mol. The minimum atomic E-state index is -0.354. The van der Waals surface area contributed by atoms with E-state index in [0.29, 0.717) is 5.96 Å². The number of hydrogen-bond acceptors (Lipinski definition) is 3. The Hall–Kier alpha value is -8.86. The average molecular weight is 855 g/mol. The van der Waals surface area contributed by atoms with Gasteiger partial charge in [0.2, 0.25) is 5.96 Å². The number of amidine groups is 1. The largest absolute Gasteiger partial charge is 0.344 e. The lowest BCUT2D eigenvalue weighted by Crippen LogP contribution is -2.35. The van der Waals surface area contributed by atoms with Crippen LogP contribution in [-0.4, -0.2) is 16.4 Å². The highest BCUT2D eigenvalue weighted by Crippen LogP contribution is 2.39. The zero-order chi connectivity index (χ0) is 44.3. The van der Waals surface area contributed by atoms with Gasteiger partial charge in [0.15, 0.2) is 0 Å². The van der Waals surface area contributed by atoms with E-state index in [4.69, 9.17) is 9.98 Å². The molecule has 11 aromatic carbocycles. The zero-order valence-electron chi connectivity index (χ0n) is 36.5. The van der Waals surface area contributed by atoms with Gasteiger partial charge in [-0.3, -0.25) is 4.57 Å². The van der Waals surface area contributed by atoms with Crippen molar-refractivity contribution < 1.29 is 0 Å². The molecule has 4 nitrogen and oxygen atoms in total. The quantitative estimate of drug-likeness (QED) is 0.166. The summed E-state index contributed by atoms with van der Waals surface area (Å²) in [5.74, 6) is 1.42. The Morgan fingerprint density at radius 1 is 0.299 bits per heavy atom. The molecule has 1 aromatic heterocycles. The van der Waals surface area contributed by atoms with Crippen LogP contribution in [0.3, 0.4) is 0 Å². The summed E-state index contributed by atoms with van der Waals surface area (Å²) >= 11 is 0. The normalized spacial score (nSPS) is 13.8. The van der Waals surface area contributed by atoms with E-state index in [9.17, 15) is 0 Å². The van der Waals surface area contributed by atoms with E-state index >= 15 is 0 Å². The van der Waals surface area contributed by atoms with Crippen LogP contribution in [0.15, 0.2) is 253 Å². The van der Waals surface area contributed by atoms with E-state index in [2.05, 4.69) is 246 Å². The molecule has 1 N–H and O–H groups in total. The van der Waals surface area contributed by atoms with Crippen LogP contribution in [0.1, 0.15) is 17.3 Å². The van der Waals surface area contributed by atoms with E-state index < -0.39 is 0 Å². The SMILES string of the molecule is c1ccc(C2=NC(n3c4ccccc4c4ccc(-c5cccc(-c6cccc(-c7ccc8c9ccccc9c9ccccc9c8c7)c6)c5)cc43)=NC(c3ccc(-c4ccccc4)cc3)N2)cc1. The van der Waals surface area contributed by atoms with Gasteiger partial charge in [-0.1, -0.05) is 212 Å². The van der Waals surface area contributed by atoms with E-state index in [0.717, 1.165) is 55.5 Å². The second kappa shape index (κ2) is 16.0. The molecule has 12 aromatic rings. The van der Waals surface area contributed by atoms with Gasteiger partial charge in [-0.2, -0.15) is 4.99 Å². The number of hydrogen-bond donors (Lipinski definition) is 1. The van der Waals surface area contributed by atoms with Crippen molar-refractivity contribution in [2.75, 3.05) is 0 Å². The maximum Gasteiger partial charge on any atom is 0.234 e. The molecule has 0 saturated heterocycles. The molecule has 0 aliphatic carbocycles. The first-order valence-electron chi connectivity index (χ1n) is 22.9. The second-order valence-electron chi connectivity index (χ2n) is 17.4. The molecule has 0 fully saturated rings. The Bertz CT molecular complexity index is 3900. The number of aliphatic imine (C=N–C) groups is 2. The van der Waals surface area contributed by atoms with E-state index in [1.54, 1.807) is 0 Å². The summed E-state index contributed by atoms with van der Waals surface area (Å²) in [6, 6.07) is 87.3. The highest BCUT2D eigenvalue weighted by atomic mass is 15.3. The van der Waals surface area contributed by atoms with Crippen molar-refractivity contribution >= 4 is 65.9 Å². The molecule has 1 atom stereocenters. The van der Waals surface area contributed by atoms with Crippen LogP contribution < -0.4 is 5.32 Å². The summed E-state index contributed by atoms with van der Waals surface area (Å²) in [6.45, 7) is 0. The van der Waals surface area contributed by atoms with Gasteiger partial charge >= 0.3 is 0 Å². The molecule has 0 spiro atoms. The van der Waals surface area contributed by atoms with Gasteiger partial charge in [-0.15, -0.1) is 0 Å². The third kappa shape index (κ3) is 6.77. The fraction of sp³-hybridized carbons (Fsp3) is 0.0159. The third-order valence-corrected chi connectivity index (χ3v) is 13.5. The number of aromatic nitrogens is 1. The topological polar surface area (TPSA) is 41.7 Å². The molecule has 314 valence electrons. The van der Waals surface area contributed by atoms with Gasteiger partial charge < -0.3 is 5.32 Å². The van der Waals surface area contributed by atoms with Crippen molar-refractivity contribution in [1.82, 2.24) is 9.88 Å². The number of fused-ring (bicyclic) bond motifs is 9. The Kier molecular flexibility index (Phi) is 9.21. The van der Waals surface area contributed by atoms with E-state index in [1.807, 2.05) is 6.07 Å². The van der Waals surface area contributed by atoms with Crippen molar-refractivity contribution in [1.29, 1.82) is 0 Å². The Labute approximate surface area is 388 Å². The summed E-state index contributed by atoms with van der Waals surface area (Å²) in [5, 5.41) is 13.7. The van der Waals surface area contributed by atoms with Gasteiger partial charge in [0.05, 0.1) is 11.0 Å². The summed E-state index contributed by atoms with van der Waals surface area (Å²) in [7, 11) is 0. The maximum absolute atomic E-state index is 5.39. The van der Waals surface area contributed by atoms with Crippen molar-refractivity contribution in [3.63, 3.8) is 0 Å². The molecule has 2 heterocycles. The van der Waals surface area contributed by atoms with Crippen LogP contribution in [0.2, 0.25) is 0 Å². The molecule has 0 radical (unpaired) electrons. The fourth-order valence-electron chi connectivity index (χ4n) is 10.1. The van der Waals surface area contributed by atoms with Crippen LogP contribution in [-0.2, 0) is 0 Å². The standard InChI is InChI=1S/C63H42N4/c1-3-15-41(16-4-1)42-29-31-44(32-30-42)62-64-61(43-17-5-2-6-18-43)65-63(66-62)67-59-28-12-11-27-56(59)57-36-34-50(40-60(57)67)48-22-14-20-46(38-48)45-19-13-21-47(37-45)49-33-35-55-53-25-8-7-23-51(53)52-24-9-10-26-54(52)58(55)39-49/h1-40,62H,(H,64,65,66). The lowest BCUT2D eigenvalue weighted by atomic mass is 9.91. The Morgan fingerprint density at radius 3 is 1.33 bits per heavy atom. The molecule has 67 heavy (non-hydrogen) atoms. The molecular formula is C63H42N4. The monoisotopic (exact) mass is 854 g/mol. The van der Waals surface area contributed by atoms with Crippen molar-refractivity contribution in [3.8, 4) is 44.5 Å². The number of nitrogens with one attached hydrogen (secondary N) is 1. The summed E-state index contributed by atoms with van der Waals surface area (Å²) < 4.78 is 2.24. The highest BCUT2D eigenvalue weighted by molar-refractivity contribution is 6.26. The second-order valence-corrected chi connectivity index (χ2v) is 17.4. The lowest BCUT2D eigenvalue weighted by molar-refractivity contribution is 0.668. The van der Waals surface area contributed by atoms with Crippen molar-refractivity contribution in [3.05, 3.63) is 254 Å². The predicted molar refractivity (Wildman–Crippen MR) is 282 cm³/mol. The van der Waals surface area contributed by atoms with Crippen LogP contribution >= 0.6 is 0 Å². The number of benzene rings is 11. The number of rotatable bonds is 6. The average Bonchev–Trinajstić information content (AvgIpc) is 3.75. The van der Waals surface area contributed by atoms with Gasteiger partial charge in [0.1, 0.15) is 12.0 Å². The Balaban J connectivity index is 0.897. The van der Waals surface area contributed by atoms with Gasteiger partial charge in [0, 0.05) is 16.3 Å². The minimum absolute atomic E-state index is 0.354. The maximum atomic E-state index is 5.39. The molecule has 1 aliphatic rings. The van der Waals surface area contributed by atoms with E-state index in [1.165, 1.54) is 60.1 Å². The third-order valence-electron chi connectivity index (χ3n) is 13.5. The number of nitrogens with zero attached hydrogens (tertiary/aromatic N) is 3. The molecule has 13 rings (SSSR count). The first-order valence-corrected chi connectivity index (χ1v) is 22.9. The zero-order valence-corrected chi connectivity index (χ0v) is 36.5. The van der Waals surface area contributed by atoms with Crippen LogP contribution in [0, 0.1) is 0 Å². The molecule has 1 unspecified atom stereocenters. The van der Waals surface area contributed by atoms with Crippen LogP contribution in [0.4, 0.5) is 0 Å². The molecule has 0 amide bonds. The minimum Gasteiger partial charge on any atom is -0.344 e. The predicted octanol–water partition coefficient (Wildman–Crippen LogP) is 15.9.